The maximum Gasteiger partial charge on any atom is 0.161 e. The minimum absolute atomic E-state index is 0.0812. The molecule has 1 atom stereocenters. The molecule has 1 N–H and O–H groups in total. The second-order valence-corrected chi connectivity index (χ2v) is 7.14. The zero-order chi connectivity index (χ0) is 19.5. The van der Waals surface area contributed by atoms with Crippen LogP contribution in [0.2, 0.25) is 0 Å². The molecule has 28 heavy (non-hydrogen) atoms. The molecule has 5 heteroatoms. The van der Waals surface area contributed by atoms with Gasteiger partial charge in [0.05, 0.1) is 20.3 Å². The second-order valence-electron chi connectivity index (χ2n) is 7.14. The second kappa shape index (κ2) is 7.98. The number of aryl methyl sites for hydroxylation is 1. The van der Waals surface area contributed by atoms with Crippen molar-refractivity contribution in [3.05, 3.63) is 77.6 Å². The van der Waals surface area contributed by atoms with Crippen molar-refractivity contribution in [2.24, 2.45) is 0 Å². The van der Waals surface area contributed by atoms with E-state index in [1.54, 1.807) is 20.3 Å². The molecule has 0 aliphatic carbocycles. The lowest BCUT2D eigenvalue weighted by atomic mass is 10.0. The first kappa shape index (κ1) is 18.4. The molecule has 5 nitrogen and oxygen atoms in total. The summed E-state index contributed by atoms with van der Waals surface area (Å²) in [6.07, 6.45) is 3.22. The van der Waals surface area contributed by atoms with Gasteiger partial charge in [-0.05, 0) is 53.9 Å². The van der Waals surface area contributed by atoms with E-state index in [4.69, 9.17) is 9.47 Å². The smallest absolute Gasteiger partial charge is 0.161 e. The number of phenolic OH excluding ortho intramolecular Hbond substituents is 1. The fraction of sp³-hybridized carbons (Fsp3) is 0.304. The topological polar surface area (TPSA) is 46.9 Å². The highest BCUT2D eigenvalue weighted by molar-refractivity contribution is 5.43. The average molecular weight is 378 g/mol. The van der Waals surface area contributed by atoms with Gasteiger partial charge in [0.2, 0.25) is 0 Å². The van der Waals surface area contributed by atoms with E-state index in [2.05, 4.69) is 39.9 Å². The number of hydrogen-bond donors (Lipinski definition) is 1. The highest BCUT2D eigenvalue weighted by atomic mass is 16.5. The number of phenols is 1. The summed E-state index contributed by atoms with van der Waals surface area (Å²) in [5.41, 5.74) is 3.52. The molecule has 146 valence electrons. The Kier molecular flexibility index (Phi) is 5.26. The number of rotatable bonds is 5. The molecular formula is C23H26N2O3. The first-order chi connectivity index (χ1) is 13.7. The van der Waals surface area contributed by atoms with Gasteiger partial charge in [-0.15, -0.1) is 0 Å². The number of ether oxygens (including phenoxy) is 2. The lowest BCUT2D eigenvalue weighted by Crippen LogP contribution is -2.29. The summed E-state index contributed by atoms with van der Waals surface area (Å²) in [5.74, 6) is 1.78. The largest absolute Gasteiger partial charge is 0.508 e. The number of fused-ring (bicyclic) bond motifs is 1. The van der Waals surface area contributed by atoms with E-state index in [0.717, 1.165) is 43.1 Å². The number of aromatic hydroxyl groups is 1. The van der Waals surface area contributed by atoms with Gasteiger partial charge in [-0.3, -0.25) is 4.90 Å². The molecule has 1 aliphatic heterocycles. The minimum Gasteiger partial charge on any atom is -0.508 e. The summed E-state index contributed by atoms with van der Waals surface area (Å²) in [4.78, 5) is 2.47. The zero-order valence-corrected chi connectivity index (χ0v) is 16.3. The molecule has 2 aromatic carbocycles. The third kappa shape index (κ3) is 3.58. The Bertz CT molecular complexity index is 951. The minimum atomic E-state index is 0.0812. The van der Waals surface area contributed by atoms with Crippen LogP contribution in [0.15, 0.2) is 60.8 Å². The van der Waals surface area contributed by atoms with Gasteiger partial charge in [0, 0.05) is 31.5 Å². The standard InChI is InChI=1S/C23H26N2O3/c1-27-21-10-9-17(14-22(21)28-2)16-25-13-5-12-24-11-4-8-20(24)23(25)18-6-3-7-19(26)15-18/h3-4,6-11,14-15,23,26H,5,12-13,16H2,1-2H3/t23-/m1/s1. The predicted molar refractivity (Wildman–Crippen MR) is 109 cm³/mol. The molecule has 1 aliphatic rings. The average Bonchev–Trinajstić information content (AvgIpc) is 3.09. The van der Waals surface area contributed by atoms with Crippen molar-refractivity contribution >= 4 is 0 Å². The van der Waals surface area contributed by atoms with E-state index >= 15 is 0 Å². The molecule has 0 unspecified atom stereocenters. The molecule has 4 rings (SSSR count). The van der Waals surface area contributed by atoms with Gasteiger partial charge in [-0.1, -0.05) is 18.2 Å². The summed E-state index contributed by atoms with van der Waals surface area (Å²) in [5, 5.41) is 10.1. The normalized spacial score (nSPS) is 17.0. The molecule has 0 fully saturated rings. The SMILES string of the molecule is COc1ccc(CN2CCCn3cccc3[C@H]2c2cccc(O)c2)cc1OC. The Morgan fingerprint density at radius 1 is 0.964 bits per heavy atom. The molecule has 0 saturated carbocycles. The summed E-state index contributed by atoms with van der Waals surface area (Å²) in [7, 11) is 3.31. The van der Waals surface area contributed by atoms with Gasteiger partial charge >= 0.3 is 0 Å². The lowest BCUT2D eigenvalue weighted by molar-refractivity contribution is 0.219. The van der Waals surface area contributed by atoms with Crippen LogP contribution >= 0.6 is 0 Å². The molecule has 0 bridgehead atoms. The third-order valence-electron chi connectivity index (χ3n) is 5.37. The van der Waals surface area contributed by atoms with Crippen molar-refractivity contribution in [2.45, 2.75) is 25.6 Å². The molecular weight excluding hydrogens is 352 g/mol. The molecule has 0 saturated heterocycles. The summed E-state index contributed by atoms with van der Waals surface area (Å²) in [6, 6.07) is 18.1. The number of nitrogens with zero attached hydrogens (tertiary/aromatic N) is 2. The van der Waals surface area contributed by atoms with Crippen LogP contribution in [-0.4, -0.2) is 35.3 Å². The molecule has 3 aromatic rings. The van der Waals surface area contributed by atoms with Gasteiger partial charge < -0.3 is 19.1 Å². The van der Waals surface area contributed by atoms with Crippen LogP contribution in [0.3, 0.4) is 0 Å². The van der Waals surface area contributed by atoms with Crippen molar-refractivity contribution < 1.29 is 14.6 Å². The fourth-order valence-corrected chi connectivity index (χ4v) is 4.10. The molecule has 0 spiro atoms. The van der Waals surface area contributed by atoms with E-state index in [-0.39, 0.29) is 6.04 Å². The van der Waals surface area contributed by atoms with Crippen LogP contribution in [0.25, 0.3) is 0 Å². The maximum atomic E-state index is 10.1. The predicted octanol–water partition coefficient (Wildman–Crippen LogP) is 4.21. The Balaban J connectivity index is 1.72. The first-order valence-electron chi connectivity index (χ1n) is 9.58. The van der Waals surface area contributed by atoms with Gasteiger partial charge in [0.1, 0.15) is 5.75 Å². The summed E-state index contributed by atoms with van der Waals surface area (Å²) in [6.45, 7) is 2.75. The quantitative estimate of drug-likeness (QED) is 0.723. The highest BCUT2D eigenvalue weighted by Gasteiger charge is 2.27. The van der Waals surface area contributed by atoms with E-state index < -0.39 is 0 Å². The van der Waals surface area contributed by atoms with Crippen molar-refractivity contribution in [1.82, 2.24) is 9.47 Å². The van der Waals surface area contributed by atoms with Gasteiger partial charge in [0.25, 0.3) is 0 Å². The van der Waals surface area contributed by atoms with Crippen LogP contribution in [0, 0.1) is 0 Å². The van der Waals surface area contributed by atoms with Crippen LogP contribution < -0.4 is 9.47 Å². The van der Waals surface area contributed by atoms with Gasteiger partial charge in [-0.2, -0.15) is 0 Å². The first-order valence-corrected chi connectivity index (χ1v) is 9.58. The third-order valence-corrected chi connectivity index (χ3v) is 5.37. The zero-order valence-electron chi connectivity index (χ0n) is 16.3. The molecule has 2 heterocycles. The fourth-order valence-electron chi connectivity index (χ4n) is 4.10. The monoisotopic (exact) mass is 378 g/mol. The van der Waals surface area contributed by atoms with Crippen LogP contribution in [0.1, 0.15) is 29.3 Å². The van der Waals surface area contributed by atoms with Gasteiger partial charge in [0.15, 0.2) is 11.5 Å². The van der Waals surface area contributed by atoms with Crippen molar-refractivity contribution in [3.8, 4) is 17.2 Å². The molecule has 1 aromatic heterocycles. The van der Waals surface area contributed by atoms with Crippen LogP contribution in [-0.2, 0) is 13.1 Å². The number of hydrogen-bond acceptors (Lipinski definition) is 4. The van der Waals surface area contributed by atoms with Crippen LogP contribution in [0.4, 0.5) is 0 Å². The van der Waals surface area contributed by atoms with Crippen LogP contribution in [0.5, 0.6) is 17.2 Å². The van der Waals surface area contributed by atoms with E-state index in [1.807, 2.05) is 24.3 Å². The van der Waals surface area contributed by atoms with E-state index in [1.165, 1.54) is 11.3 Å². The van der Waals surface area contributed by atoms with E-state index in [9.17, 15) is 5.11 Å². The number of methoxy groups -OCH3 is 2. The van der Waals surface area contributed by atoms with E-state index in [0.29, 0.717) is 5.75 Å². The Hall–Kier alpha value is -2.92. The number of aromatic nitrogens is 1. The molecule has 0 amide bonds. The molecule has 0 radical (unpaired) electrons. The van der Waals surface area contributed by atoms with Crippen molar-refractivity contribution in [1.29, 1.82) is 0 Å². The summed E-state index contributed by atoms with van der Waals surface area (Å²) < 4.78 is 13.2. The Labute approximate surface area is 165 Å². The van der Waals surface area contributed by atoms with Crippen molar-refractivity contribution in [2.75, 3.05) is 20.8 Å². The maximum absolute atomic E-state index is 10.1. The number of benzene rings is 2. The highest BCUT2D eigenvalue weighted by Crippen LogP contribution is 2.35. The van der Waals surface area contributed by atoms with Crippen molar-refractivity contribution in [3.63, 3.8) is 0 Å². The lowest BCUT2D eigenvalue weighted by Gasteiger charge is -2.31. The summed E-state index contributed by atoms with van der Waals surface area (Å²) >= 11 is 0. The van der Waals surface area contributed by atoms with Gasteiger partial charge in [-0.25, -0.2) is 0 Å². The Morgan fingerprint density at radius 2 is 1.82 bits per heavy atom. The Morgan fingerprint density at radius 3 is 2.61 bits per heavy atom.